The van der Waals surface area contributed by atoms with Gasteiger partial charge in [0.1, 0.15) is 0 Å². The fourth-order valence-corrected chi connectivity index (χ4v) is 3.59. The monoisotopic (exact) mass is 348 g/mol. The van der Waals surface area contributed by atoms with Crippen LogP contribution in [0.4, 0.5) is 0 Å². The molecule has 26 heavy (non-hydrogen) atoms. The van der Waals surface area contributed by atoms with E-state index in [0.717, 1.165) is 36.6 Å². The van der Waals surface area contributed by atoms with Crippen molar-refractivity contribution in [2.24, 2.45) is 0 Å². The van der Waals surface area contributed by atoms with Gasteiger partial charge in [0.25, 0.3) is 11.5 Å². The molecule has 1 aliphatic carbocycles. The van der Waals surface area contributed by atoms with Gasteiger partial charge in [0.15, 0.2) is 0 Å². The average Bonchev–Trinajstić information content (AvgIpc) is 2.69. The SMILES string of the molecule is O=C(NC1CCC(n2ncccc2=O)CC1)c1ccc2ncccc2c1. The number of carbonyl (C=O) groups excluding carboxylic acids is 1. The Balaban J connectivity index is 1.40. The van der Waals surface area contributed by atoms with Crippen LogP contribution in [0.2, 0.25) is 0 Å². The van der Waals surface area contributed by atoms with E-state index in [4.69, 9.17) is 0 Å². The summed E-state index contributed by atoms with van der Waals surface area (Å²) in [6.07, 6.45) is 6.74. The molecule has 1 fully saturated rings. The molecular weight excluding hydrogens is 328 g/mol. The third-order valence-electron chi connectivity index (χ3n) is 4.98. The van der Waals surface area contributed by atoms with Crippen LogP contribution in [0, 0.1) is 0 Å². The Kier molecular flexibility index (Phi) is 4.48. The molecule has 6 heteroatoms. The van der Waals surface area contributed by atoms with Gasteiger partial charge in [-0.3, -0.25) is 14.6 Å². The van der Waals surface area contributed by atoms with E-state index in [-0.39, 0.29) is 23.6 Å². The zero-order chi connectivity index (χ0) is 17.9. The van der Waals surface area contributed by atoms with Crippen molar-refractivity contribution in [3.63, 3.8) is 0 Å². The molecule has 132 valence electrons. The first-order chi connectivity index (χ1) is 12.7. The van der Waals surface area contributed by atoms with Gasteiger partial charge in [-0.25, -0.2) is 4.68 Å². The van der Waals surface area contributed by atoms with Crippen LogP contribution in [-0.2, 0) is 0 Å². The fraction of sp³-hybridized carbons (Fsp3) is 0.300. The van der Waals surface area contributed by atoms with E-state index >= 15 is 0 Å². The van der Waals surface area contributed by atoms with Gasteiger partial charge in [-0.05, 0) is 56.0 Å². The number of amides is 1. The lowest BCUT2D eigenvalue weighted by molar-refractivity contribution is 0.0921. The number of pyridine rings is 1. The maximum absolute atomic E-state index is 12.6. The summed E-state index contributed by atoms with van der Waals surface area (Å²) in [4.78, 5) is 28.7. The van der Waals surface area contributed by atoms with Gasteiger partial charge in [-0.15, -0.1) is 0 Å². The summed E-state index contributed by atoms with van der Waals surface area (Å²) in [5.74, 6) is -0.0609. The molecule has 0 aliphatic heterocycles. The number of carbonyl (C=O) groups is 1. The van der Waals surface area contributed by atoms with Gasteiger partial charge >= 0.3 is 0 Å². The smallest absolute Gasteiger partial charge is 0.266 e. The minimum absolute atomic E-state index is 0.0609. The lowest BCUT2D eigenvalue weighted by Gasteiger charge is -2.29. The van der Waals surface area contributed by atoms with Gasteiger partial charge < -0.3 is 5.32 Å². The number of nitrogens with zero attached hydrogens (tertiary/aromatic N) is 3. The first kappa shape index (κ1) is 16.4. The van der Waals surface area contributed by atoms with E-state index < -0.39 is 0 Å². The molecule has 1 aliphatic rings. The molecule has 1 saturated carbocycles. The van der Waals surface area contributed by atoms with Crippen LogP contribution in [0.5, 0.6) is 0 Å². The van der Waals surface area contributed by atoms with Gasteiger partial charge in [-0.2, -0.15) is 5.10 Å². The normalized spacial score (nSPS) is 20.0. The highest BCUT2D eigenvalue weighted by molar-refractivity contribution is 5.98. The van der Waals surface area contributed by atoms with Crippen molar-refractivity contribution in [1.29, 1.82) is 0 Å². The number of hydrogen-bond acceptors (Lipinski definition) is 4. The van der Waals surface area contributed by atoms with Crippen LogP contribution in [0.25, 0.3) is 10.9 Å². The molecule has 0 bridgehead atoms. The largest absolute Gasteiger partial charge is 0.349 e. The summed E-state index contributed by atoms with van der Waals surface area (Å²) in [6.45, 7) is 0. The summed E-state index contributed by atoms with van der Waals surface area (Å²) >= 11 is 0. The minimum atomic E-state index is -0.0650. The van der Waals surface area contributed by atoms with E-state index in [0.29, 0.717) is 5.56 Å². The van der Waals surface area contributed by atoms with Gasteiger partial charge in [0.2, 0.25) is 0 Å². The van der Waals surface area contributed by atoms with Crippen molar-refractivity contribution in [2.45, 2.75) is 37.8 Å². The Labute approximate surface area is 150 Å². The summed E-state index contributed by atoms with van der Waals surface area (Å²) in [5, 5.41) is 8.25. The zero-order valence-electron chi connectivity index (χ0n) is 14.3. The maximum Gasteiger partial charge on any atom is 0.266 e. The lowest BCUT2D eigenvalue weighted by Crippen LogP contribution is -2.39. The second-order valence-corrected chi connectivity index (χ2v) is 6.70. The Morgan fingerprint density at radius 2 is 1.85 bits per heavy atom. The van der Waals surface area contributed by atoms with Crippen molar-refractivity contribution in [3.05, 3.63) is 70.8 Å². The van der Waals surface area contributed by atoms with Crippen molar-refractivity contribution < 1.29 is 4.79 Å². The van der Waals surface area contributed by atoms with Crippen molar-refractivity contribution in [2.75, 3.05) is 0 Å². The average molecular weight is 348 g/mol. The molecular formula is C20H20N4O2. The number of rotatable bonds is 3. The Hall–Kier alpha value is -3.02. The van der Waals surface area contributed by atoms with E-state index in [1.165, 1.54) is 6.07 Å². The molecule has 0 spiro atoms. The molecule has 6 nitrogen and oxygen atoms in total. The zero-order valence-corrected chi connectivity index (χ0v) is 14.3. The number of fused-ring (bicyclic) bond motifs is 1. The quantitative estimate of drug-likeness (QED) is 0.789. The molecule has 0 unspecified atom stereocenters. The van der Waals surface area contributed by atoms with E-state index in [1.54, 1.807) is 23.1 Å². The van der Waals surface area contributed by atoms with Gasteiger partial charge in [0, 0.05) is 35.5 Å². The molecule has 2 aromatic heterocycles. The molecule has 4 rings (SSSR count). The number of hydrogen-bond donors (Lipinski definition) is 1. The summed E-state index contributed by atoms with van der Waals surface area (Å²) in [5.41, 5.74) is 1.46. The Morgan fingerprint density at radius 1 is 1.04 bits per heavy atom. The van der Waals surface area contributed by atoms with Crippen LogP contribution in [0.15, 0.2) is 59.7 Å². The predicted molar refractivity (Wildman–Crippen MR) is 99.0 cm³/mol. The van der Waals surface area contributed by atoms with E-state index in [1.807, 2.05) is 30.3 Å². The third kappa shape index (κ3) is 3.35. The molecule has 0 radical (unpaired) electrons. The summed E-state index contributed by atoms with van der Waals surface area (Å²) in [6, 6.07) is 12.8. The highest BCUT2D eigenvalue weighted by Crippen LogP contribution is 2.27. The Bertz CT molecular complexity index is 990. The van der Waals surface area contributed by atoms with Crippen molar-refractivity contribution in [1.82, 2.24) is 20.1 Å². The molecule has 1 aromatic carbocycles. The topological polar surface area (TPSA) is 76.9 Å². The van der Waals surface area contributed by atoms with E-state index in [2.05, 4.69) is 15.4 Å². The minimum Gasteiger partial charge on any atom is -0.349 e. The van der Waals surface area contributed by atoms with Crippen LogP contribution >= 0.6 is 0 Å². The molecule has 3 aromatic rings. The maximum atomic E-state index is 12.6. The highest BCUT2D eigenvalue weighted by Gasteiger charge is 2.24. The number of aromatic nitrogens is 3. The fourth-order valence-electron chi connectivity index (χ4n) is 3.59. The van der Waals surface area contributed by atoms with Crippen LogP contribution in [-0.4, -0.2) is 26.7 Å². The van der Waals surface area contributed by atoms with Crippen LogP contribution < -0.4 is 10.9 Å². The van der Waals surface area contributed by atoms with E-state index in [9.17, 15) is 9.59 Å². The lowest BCUT2D eigenvalue weighted by atomic mass is 9.91. The summed E-state index contributed by atoms with van der Waals surface area (Å²) < 4.78 is 1.56. The first-order valence-electron chi connectivity index (χ1n) is 8.90. The molecule has 2 heterocycles. The second kappa shape index (κ2) is 7.07. The van der Waals surface area contributed by atoms with Gasteiger partial charge in [-0.1, -0.05) is 6.07 Å². The molecule has 1 N–H and O–H groups in total. The molecule has 0 atom stereocenters. The first-order valence-corrected chi connectivity index (χ1v) is 8.90. The third-order valence-corrected chi connectivity index (χ3v) is 4.98. The standard InChI is InChI=1S/C20H20N4O2/c25-19-4-2-12-22-24(19)17-8-6-16(7-9-17)23-20(26)15-5-10-18-14(13-15)3-1-11-21-18/h1-5,10-13,16-17H,6-9H2,(H,23,26). The number of nitrogens with one attached hydrogen (secondary N) is 1. The summed E-state index contributed by atoms with van der Waals surface area (Å²) in [7, 11) is 0. The van der Waals surface area contributed by atoms with Gasteiger partial charge in [0.05, 0.1) is 11.6 Å². The van der Waals surface area contributed by atoms with Crippen LogP contribution in [0.1, 0.15) is 42.1 Å². The van der Waals surface area contributed by atoms with Crippen LogP contribution in [0.3, 0.4) is 0 Å². The van der Waals surface area contributed by atoms with Crippen molar-refractivity contribution >= 4 is 16.8 Å². The Morgan fingerprint density at radius 3 is 2.65 bits per heavy atom. The predicted octanol–water partition coefficient (Wildman–Crippen LogP) is 2.71. The van der Waals surface area contributed by atoms with Crippen molar-refractivity contribution in [3.8, 4) is 0 Å². The molecule has 1 amide bonds. The highest BCUT2D eigenvalue weighted by atomic mass is 16.1. The molecule has 0 saturated heterocycles. The number of benzene rings is 1. The second-order valence-electron chi connectivity index (χ2n) is 6.70.